The van der Waals surface area contributed by atoms with Crippen LogP contribution in [0.15, 0.2) is 0 Å². The van der Waals surface area contributed by atoms with Crippen LogP contribution in [0.5, 0.6) is 0 Å². The Kier molecular flexibility index (Phi) is 2.70. The van der Waals surface area contributed by atoms with Crippen LogP contribution < -0.4 is 5.73 Å². The van der Waals surface area contributed by atoms with E-state index in [1.54, 1.807) is 4.90 Å². The number of carbonyl (C=O) groups excluding carboxylic acids is 2. The van der Waals surface area contributed by atoms with Crippen molar-refractivity contribution in [2.75, 3.05) is 25.4 Å². The molecular formula is C14H19N5O2. The van der Waals surface area contributed by atoms with Crippen LogP contribution in [0.3, 0.4) is 0 Å². The Balaban J connectivity index is 1.51. The van der Waals surface area contributed by atoms with E-state index in [2.05, 4.69) is 10.2 Å². The molecule has 0 radical (unpaired) electrons. The predicted molar refractivity (Wildman–Crippen MR) is 75.6 cm³/mol. The fourth-order valence-corrected chi connectivity index (χ4v) is 3.41. The molecular weight excluding hydrogens is 270 g/mol. The van der Waals surface area contributed by atoms with E-state index < -0.39 is 0 Å². The molecule has 1 atom stereocenters. The van der Waals surface area contributed by atoms with Crippen molar-refractivity contribution in [2.24, 2.45) is 0 Å². The number of carbonyl (C=O) groups is 2. The van der Waals surface area contributed by atoms with Crippen LogP contribution >= 0.6 is 0 Å². The van der Waals surface area contributed by atoms with Crippen LogP contribution in [0.25, 0.3) is 0 Å². The van der Waals surface area contributed by atoms with Gasteiger partial charge < -0.3 is 15.5 Å². The summed E-state index contributed by atoms with van der Waals surface area (Å²) in [6, 6.07) is 0.165. The average molecular weight is 289 g/mol. The molecule has 0 bridgehead atoms. The number of H-pyrrole nitrogens is 1. The van der Waals surface area contributed by atoms with E-state index in [1.807, 2.05) is 4.90 Å². The molecule has 7 nitrogen and oxygen atoms in total. The first-order valence-electron chi connectivity index (χ1n) is 7.57. The van der Waals surface area contributed by atoms with Crippen molar-refractivity contribution in [1.29, 1.82) is 0 Å². The molecule has 1 unspecified atom stereocenters. The molecule has 2 aliphatic heterocycles. The third kappa shape index (κ3) is 1.99. The largest absolute Gasteiger partial charge is 0.395 e. The molecule has 1 saturated carbocycles. The summed E-state index contributed by atoms with van der Waals surface area (Å²) in [4.78, 5) is 28.0. The highest BCUT2D eigenvalue weighted by Gasteiger charge is 2.38. The fraction of sp³-hybridized carbons (Fsp3) is 0.643. The minimum Gasteiger partial charge on any atom is -0.395 e. The van der Waals surface area contributed by atoms with E-state index in [-0.39, 0.29) is 17.9 Å². The third-order valence-corrected chi connectivity index (χ3v) is 4.80. The smallest absolute Gasteiger partial charge is 0.276 e. The fourth-order valence-electron chi connectivity index (χ4n) is 3.41. The number of amides is 2. The molecule has 3 heterocycles. The second-order valence-electron chi connectivity index (χ2n) is 6.20. The molecule has 1 aliphatic carbocycles. The van der Waals surface area contributed by atoms with Crippen molar-refractivity contribution >= 4 is 17.5 Å². The van der Waals surface area contributed by atoms with Gasteiger partial charge in [0.15, 0.2) is 5.69 Å². The highest BCUT2D eigenvalue weighted by molar-refractivity contribution is 5.98. The van der Waals surface area contributed by atoms with E-state index in [1.165, 1.54) is 0 Å². The molecule has 1 aromatic heterocycles. The molecule has 21 heavy (non-hydrogen) atoms. The van der Waals surface area contributed by atoms with E-state index in [0.29, 0.717) is 43.4 Å². The molecule has 4 rings (SSSR count). The lowest BCUT2D eigenvalue weighted by atomic mass is 10.1. The standard InChI is InChI=1S/C14H19N5O2/c15-11-12(8-1-2-8)16-17-13(11)14(21)18-5-6-19-9(7-18)3-4-10(19)20/h8-9H,1-7,15H2,(H,16,17). The third-order valence-electron chi connectivity index (χ3n) is 4.80. The highest BCUT2D eigenvalue weighted by atomic mass is 16.2. The van der Waals surface area contributed by atoms with Crippen LogP contribution in [-0.2, 0) is 4.79 Å². The van der Waals surface area contributed by atoms with Gasteiger partial charge in [-0.1, -0.05) is 0 Å². The van der Waals surface area contributed by atoms with Gasteiger partial charge in [-0.05, 0) is 19.3 Å². The average Bonchev–Trinajstić information content (AvgIpc) is 3.17. The normalized spacial score (nSPS) is 25.3. The molecule has 3 fully saturated rings. The topological polar surface area (TPSA) is 95.3 Å². The summed E-state index contributed by atoms with van der Waals surface area (Å²) >= 11 is 0. The van der Waals surface area contributed by atoms with Gasteiger partial charge in [0.1, 0.15) is 0 Å². The van der Waals surface area contributed by atoms with Gasteiger partial charge in [-0.25, -0.2) is 0 Å². The first-order valence-corrected chi connectivity index (χ1v) is 7.57. The van der Waals surface area contributed by atoms with Crippen LogP contribution in [0.2, 0.25) is 0 Å². The van der Waals surface area contributed by atoms with E-state index in [4.69, 9.17) is 5.73 Å². The Labute approximate surface area is 122 Å². The molecule has 0 spiro atoms. The van der Waals surface area contributed by atoms with Gasteiger partial charge in [-0.15, -0.1) is 0 Å². The van der Waals surface area contributed by atoms with Crippen molar-refractivity contribution in [3.05, 3.63) is 11.4 Å². The van der Waals surface area contributed by atoms with E-state index in [0.717, 1.165) is 25.0 Å². The van der Waals surface area contributed by atoms with Gasteiger partial charge >= 0.3 is 0 Å². The van der Waals surface area contributed by atoms with Gasteiger partial charge in [-0.2, -0.15) is 5.10 Å². The maximum Gasteiger partial charge on any atom is 0.276 e. The number of hydrogen-bond acceptors (Lipinski definition) is 4. The van der Waals surface area contributed by atoms with Gasteiger partial charge in [0.2, 0.25) is 5.91 Å². The summed E-state index contributed by atoms with van der Waals surface area (Å²) in [5, 5.41) is 7.05. The number of rotatable bonds is 2. The second-order valence-corrected chi connectivity index (χ2v) is 6.20. The van der Waals surface area contributed by atoms with Gasteiger partial charge in [-0.3, -0.25) is 14.7 Å². The second kappa shape index (κ2) is 4.47. The minimum atomic E-state index is -0.116. The quantitative estimate of drug-likeness (QED) is 0.819. The van der Waals surface area contributed by atoms with E-state index in [9.17, 15) is 9.59 Å². The van der Waals surface area contributed by atoms with Gasteiger partial charge in [0, 0.05) is 38.0 Å². The van der Waals surface area contributed by atoms with Crippen molar-refractivity contribution < 1.29 is 9.59 Å². The van der Waals surface area contributed by atoms with Crippen molar-refractivity contribution in [1.82, 2.24) is 20.0 Å². The number of piperazine rings is 1. The Morgan fingerprint density at radius 2 is 2.10 bits per heavy atom. The van der Waals surface area contributed by atoms with Crippen LogP contribution in [0.1, 0.15) is 47.8 Å². The summed E-state index contributed by atoms with van der Waals surface area (Å²) in [6.45, 7) is 1.77. The lowest BCUT2D eigenvalue weighted by Crippen LogP contribution is -2.53. The zero-order valence-electron chi connectivity index (χ0n) is 11.8. The molecule has 7 heteroatoms. The summed E-state index contributed by atoms with van der Waals surface area (Å²) in [5.74, 6) is 0.542. The zero-order valence-corrected chi connectivity index (χ0v) is 11.8. The lowest BCUT2D eigenvalue weighted by Gasteiger charge is -2.37. The Morgan fingerprint density at radius 1 is 1.29 bits per heavy atom. The number of nitrogens with one attached hydrogen (secondary N) is 1. The van der Waals surface area contributed by atoms with Gasteiger partial charge in [0.25, 0.3) is 5.91 Å². The predicted octanol–water partition coefficient (Wildman–Crippen LogP) is 0.316. The van der Waals surface area contributed by atoms with Crippen LogP contribution in [0, 0.1) is 0 Å². The van der Waals surface area contributed by atoms with E-state index >= 15 is 0 Å². The maximum atomic E-state index is 12.6. The number of anilines is 1. The molecule has 3 aliphatic rings. The van der Waals surface area contributed by atoms with Crippen LogP contribution in [-0.4, -0.2) is 57.5 Å². The Hall–Kier alpha value is -2.05. The molecule has 112 valence electrons. The minimum absolute atomic E-state index is 0.116. The summed E-state index contributed by atoms with van der Waals surface area (Å²) in [6.07, 6.45) is 3.67. The highest BCUT2D eigenvalue weighted by Crippen LogP contribution is 2.42. The summed E-state index contributed by atoms with van der Waals surface area (Å²) in [7, 11) is 0. The van der Waals surface area contributed by atoms with Crippen molar-refractivity contribution in [3.63, 3.8) is 0 Å². The number of hydrogen-bond donors (Lipinski definition) is 2. The molecule has 1 aromatic rings. The SMILES string of the molecule is Nc1c(C(=O)N2CCN3C(=O)CCC3C2)n[nH]c1C1CC1. The van der Waals surface area contributed by atoms with Crippen molar-refractivity contribution in [3.8, 4) is 0 Å². The molecule has 3 N–H and O–H groups in total. The number of nitrogens with two attached hydrogens (primary N) is 1. The summed E-state index contributed by atoms with van der Waals surface area (Å²) < 4.78 is 0. The Bertz CT molecular complexity index is 607. The number of fused-ring (bicyclic) bond motifs is 1. The molecule has 2 saturated heterocycles. The summed E-state index contributed by atoms with van der Waals surface area (Å²) in [5.41, 5.74) is 7.83. The lowest BCUT2D eigenvalue weighted by molar-refractivity contribution is -0.130. The number of nitrogens with zero attached hydrogens (tertiary/aromatic N) is 3. The first-order chi connectivity index (χ1) is 10.1. The number of aromatic nitrogens is 2. The monoisotopic (exact) mass is 289 g/mol. The van der Waals surface area contributed by atoms with Crippen LogP contribution in [0.4, 0.5) is 5.69 Å². The molecule has 2 amide bonds. The Morgan fingerprint density at radius 3 is 2.86 bits per heavy atom. The zero-order chi connectivity index (χ0) is 14.6. The number of nitrogen functional groups attached to an aromatic ring is 1. The first kappa shape index (κ1) is 12.7. The number of aromatic amines is 1. The van der Waals surface area contributed by atoms with Gasteiger partial charge in [0.05, 0.1) is 11.4 Å². The van der Waals surface area contributed by atoms with Crippen molar-refractivity contribution in [2.45, 2.75) is 37.6 Å². The molecule has 0 aromatic carbocycles. The maximum absolute atomic E-state index is 12.6.